The molecule has 1 aromatic carbocycles. The predicted octanol–water partition coefficient (Wildman–Crippen LogP) is 1.43. The molecule has 0 saturated heterocycles. The summed E-state index contributed by atoms with van der Waals surface area (Å²) >= 11 is 0. The number of amides is 2. The number of rotatable bonds is 8. The summed E-state index contributed by atoms with van der Waals surface area (Å²) < 4.78 is 10.9. The largest absolute Gasteiger partial charge is 0.351 e. The number of benzene rings is 1. The molecule has 0 bridgehead atoms. The molecule has 0 radical (unpaired) electrons. The molecule has 0 heterocycles. The lowest BCUT2D eigenvalue weighted by Gasteiger charge is -2.26. The van der Waals surface area contributed by atoms with E-state index in [9.17, 15) is 4.79 Å². The van der Waals surface area contributed by atoms with Crippen molar-refractivity contribution in [3.05, 3.63) is 29.8 Å². The molecule has 2 amide bonds. The zero-order valence-electron chi connectivity index (χ0n) is 12.0. The third-order valence-corrected chi connectivity index (χ3v) is 2.76. The summed E-state index contributed by atoms with van der Waals surface area (Å²) in [6, 6.07) is 6.82. The summed E-state index contributed by atoms with van der Waals surface area (Å²) in [5, 5.41) is 0. The predicted molar refractivity (Wildman–Crippen MR) is 78.3 cm³/mol. The number of hydrogen-bond donors (Lipinski definition) is 2. The Morgan fingerprint density at radius 3 is 2.45 bits per heavy atom. The number of carbonyl (C=O) groups excluding carboxylic acids is 1. The molecular formula is C14H23N3O3. The molecule has 6 nitrogen and oxygen atoms in total. The minimum atomic E-state index is -0.552. The zero-order chi connectivity index (χ0) is 15.0. The second-order valence-electron chi connectivity index (χ2n) is 4.16. The summed E-state index contributed by atoms with van der Waals surface area (Å²) in [6.45, 7) is 5.39. The maximum Gasteiger partial charge on any atom is 0.319 e. The van der Waals surface area contributed by atoms with Gasteiger partial charge in [0.15, 0.2) is 6.29 Å². The van der Waals surface area contributed by atoms with E-state index in [1.807, 2.05) is 32.0 Å². The Labute approximate surface area is 119 Å². The first-order valence-electron chi connectivity index (χ1n) is 6.71. The van der Waals surface area contributed by atoms with Crippen LogP contribution in [0.3, 0.4) is 0 Å². The quantitative estimate of drug-likeness (QED) is 0.705. The maximum absolute atomic E-state index is 11.6. The second-order valence-corrected chi connectivity index (χ2v) is 4.16. The molecule has 0 aliphatic heterocycles. The Morgan fingerprint density at radius 1 is 1.30 bits per heavy atom. The van der Waals surface area contributed by atoms with Crippen LogP contribution < -0.4 is 16.4 Å². The molecule has 0 atom stereocenters. The van der Waals surface area contributed by atoms with E-state index in [2.05, 4.69) is 0 Å². The lowest BCUT2D eigenvalue weighted by Crippen LogP contribution is -2.43. The first kappa shape index (κ1) is 16.4. The zero-order valence-corrected chi connectivity index (χ0v) is 12.0. The van der Waals surface area contributed by atoms with Crippen LogP contribution in [0.5, 0.6) is 0 Å². The molecule has 0 unspecified atom stereocenters. The van der Waals surface area contributed by atoms with Crippen LogP contribution in [-0.2, 0) is 16.0 Å². The van der Waals surface area contributed by atoms with E-state index in [-0.39, 0.29) is 6.54 Å². The molecule has 1 rings (SSSR count). The van der Waals surface area contributed by atoms with E-state index in [0.29, 0.717) is 25.4 Å². The number of nitrogens with two attached hydrogens (primary N) is 2. The van der Waals surface area contributed by atoms with Crippen molar-refractivity contribution in [2.24, 2.45) is 11.5 Å². The highest BCUT2D eigenvalue weighted by atomic mass is 16.7. The van der Waals surface area contributed by atoms with Crippen molar-refractivity contribution < 1.29 is 14.3 Å². The van der Waals surface area contributed by atoms with Gasteiger partial charge in [-0.15, -0.1) is 0 Å². The minimum absolute atomic E-state index is 0.241. The smallest absolute Gasteiger partial charge is 0.319 e. The molecule has 20 heavy (non-hydrogen) atoms. The Balaban J connectivity index is 2.89. The Kier molecular flexibility index (Phi) is 7.00. The molecule has 1 aromatic rings. The van der Waals surface area contributed by atoms with Crippen molar-refractivity contribution in [1.29, 1.82) is 0 Å². The van der Waals surface area contributed by atoms with Gasteiger partial charge >= 0.3 is 6.03 Å². The SMILES string of the molecule is CCOC(CN(C(N)=O)c1cccc(CN)c1)OCC. The van der Waals surface area contributed by atoms with Crippen LogP contribution in [0.4, 0.5) is 10.5 Å². The molecule has 0 aromatic heterocycles. The molecule has 0 spiro atoms. The fourth-order valence-electron chi connectivity index (χ4n) is 1.85. The average molecular weight is 281 g/mol. The van der Waals surface area contributed by atoms with Crippen LogP contribution >= 0.6 is 0 Å². The van der Waals surface area contributed by atoms with Gasteiger partial charge in [-0.25, -0.2) is 4.79 Å². The molecule has 0 aliphatic carbocycles. The molecule has 6 heteroatoms. The molecule has 0 aliphatic rings. The summed E-state index contributed by atoms with van der Waals surface area (Å²) in [7, 11) is 0. The summed E-state index contributed by atoms with van der Waals surface area (Å²) in [4.78, 5) is 13.1. The number of anilines is 1. The van der Waals surface area contributed by atoms with Gasteiger partial charge in [0.25, 0.3) is 0 Å². The second kappa shape index (κ2) is 8.52. The van der Waals surface area contributed by atoms with E-state index in [4.69, 9.17) is 20.9 Å². The van der Waals surface area contributed by atoms with Gasteiger partial charge in [0.05, 0.1) is 6.54 Å². The van der Waals surface area contributed by atoms with Gasteiger partial charge in [-0.3, -0.25) is 4.90 Å². The van der Waals surface area contributed by atoms with Crippen LogP contribution in [0.15, 0.2) is 24.3 Å². The van der Waals surface area contributed by atoms with E-state index in [0.717, 1.165) is 5.56 Å². The lowest BCUT2D eigenvalue weighted by atomic mass is 10.2. The van der Waals surface area contributed by atoms with Crippen molar-refractivity contribution >= 4 is 11.7 Å². The van der Waals surface area contributed by atoms with E-state index in [1.165, 1.54) is 4.90 Å². The van der Waals surface area contributed by atoms with Crippen LogP contribution in [-0.4, -0.2) is 32.1 Å². The number of ether oxygens (including phenoxy) is 2. The normalized spacial score (nSPS) is 10.8. The highest BCUT2D eigenvalue weighted by Crippen LogP contribution is 2.17. The van der Waals surface area contributed by atoms with Crippen LogP contribution in [0.25, 0.3) is 0 Å². The van der Waals surface area contributed by atoms with Gasteiger partial charge < -0.3 is 20.9 Å². The Hall–Kier alpha value is -1.63. The van der Waals surface area contributed by atoms with Crippen LogP contribution in [0.1, 0.15) is 19.4 Å². The third kappa shape index (κ3) is 4.80. The van der Waals surface area contributed by atoms with Gasteiger partial charge in [-0.1, -0.05) is 12.1 Å². The molecule has 0 fully saturated rings. The van der Waals surface area contributed by atoms with Crippen LogP contribution in [0, 0.1) is 0 Å². The molecule has 4 N–H and O–H groups in total. The number of nitrogens with zero attached hydrogens (tertiary/aromatic N) is 1. The number of primary amides is 1. The summed E-state index contributed by atoms with van der Waals surface area (Å²) in [5.41, 5.74) is 12.7. The van der Waals surface area contributed by atoms with E-state index in [1.54, 1.807) is 6.07 Å². The van der Waals surface area contributed by atoms with Gasteiger partial charge in [0, 0.05) is 25.4 Å². The van der Waals surface area contributed by atoms with Gasteiger partial charge in [0.2, 0.25) is 0 Å². The van der Waals surface area contributed by atoms with Gasteiger partial charge in [0.1, 0.15) is 0 Å². The third-order valence-electron chi connectivity index (χ3n) is 2.76. The minimum Gasteiger partial charge on any atom is -0.351 e. The van der Waals surface area contributed by atoms with Crippen molar-refractivity contribution in [3.63, 3.8) is 0 Å². The topological polar surface area (TPSA) is 90.8 Å². The number of carbonyl (C=O) groups is 1. The average Bonchev–Trinajstić information content (AvgIpc) is 2.44. The van der Waals surface area contributed by atoms with E-state index >= 15 is 0 Å². The van der Waals surface area contributed by atoms with Crippen molar-refractivity contribution in [2.45, 2.75) is 26.7 Å². The van der Waals surface area contributed by atoms with Crippen molar-refractivity contribution in [3.8, 4) is 0 Å². The van der Waals surface area contributed by atoms with Gasteiger partial charge in [-0.05, 0) is 31.5 Å². The summed E-state index contributed by atoms with van der Waals surface area (Å²) in [5.74, 6) is 0. The highest BCUT2D eigenvalue weighted by molar-refractivity contribution is 5.90. The Bertz CT molecular complexity index is 420. The molecule has 0 saturated carbocycles. The molecule has 112 valence electrons. The fourth-order valence-corrected chi connectivity index (χ4v) is 1.85. The van der Waals surface area contributed by atoms with E-state index < -0.39 is 12.3 Å². The van der Waals surface area contributed by atoms with Gasteiger partial charge in [-0.2, -0.15) is 0 Å². The lowest BCUT2D eigenvalue weighted by molar-refractivity contribution is -0.128. The fraction of sp³-hybridized carbons (Fsp3) is 0.500. The number of urea groups is 1. The van der Waals surface area contributed by atoms with Crippen LogP contribution in [0.2, 0.25) is 0 Å². The number of hydrogen-bond acceptors (Lipinski definition) is 4. The highest BCUT2D eigenvalue weighted by Gasteiger charge is 2.19. The Morgan fingerprint density at radius 2 is 1.95 bits per heavy atom. The monoisotopic (exact) mass is 281 g/mol. The summed E-state index contributed by atoms with van der Waals surface area (Å²) in [6.07, 6.45) is -0.501. The standard InChI is InChI=1S/C14H23N3O3/c1-3-19-13(20-4-2)10-17(14(16)18)12-7-5-6-11(8-12)9-15/h5-8,13H,3-4,9-10,15H2,1-2H3,(H2,16,18). The van der Waals surface area contributed by atoms with Crippen molar-refractivity contribution in [1.82, 2.24) is 0 Å². The first-order chi connectivity index (χ1) is 9.62. The first-order valence-corrected chi connectivity index (χ1v) is 6.71. The maximum atomic E-state index is 11.6. The molecular weight excluding hydrogens is 258 g/mol. The van der Waals surface area contributed by atoms with Crippen molar-refractivity contribution in [2.75, 3.05) is 24.7 Å².